The summed E-state index contributed by atoms with van der Waals surface area (Å²) in [6.07, 6.45) is 1.88. The normalized spacial score (nSPS) is 10.4. The van der Waals surface area contributed by atoms with Crippen LogP contribution in [0.1, 0.15) is 35.2 Å². The number of rotatable bonds is 4. The van der Waals surface area contributed by atoms with Crippen LogP contribution in [0, 0.1) is 13.8 Å². The average Bonchev–Trinajstić information content (AvgIpc) is 2.36. The molecule has 0 atom stereocenters. The highest BCUT2D eigenvalue weighted by atomic mass is 35.5. The second kappa shape index (κ2) is 5.96. The van der Waals surface area contributed by atoms with Gasteiger partial charge in [0.25, 0.3) is 0 Å². The number of hydrogen-bond donors (Lipinski definition) is 1. The first-order chi connectivity index (χ1) is 9.49. The van der Waals surface area contributed by atoms with E-state index in [9.17, 15) is 4.79 Å². The van der Waals surface area contributed by atoms with Gasteiger partial charge in [-0.1, -0.05) is 18.5 Å². The van der Waals surface area contributed by atoms with Gasteiger partial charge in [0.2, 0.25) is 0 Å². The number of carbonyl (C=O) groups excluding carboxylic acids is 1. The lowest BCUT2D eigenvalue weighted by molar-refractivity contribution is 0.0988. The predicted octanol–water partition coefficient (Wildman–Crippen LogP) is 3.48. The Bertz CT molecular complexity index is 637. The Labute approximate surface area is 122 Å². The van der Waals surface area contributed by atoms with E-state index in [-0.39, 0.29) is 5.78 Å². The summed E-state index contributed by atoms with van der Waals surface area (Å²) >= 11 is 6.10. The minimum absolute atomic E-state index is 0.0252. The van der Waals surface area contributed by atoms with Crippen LogP contribution in [-0.2, 0) is 0 Å². The zero-order valence-electron chi connectivity index (χ0n) is 11.6. The first-order valence-corrected chi connectivity index (χ1v) is 6.65. The quantitative estimate of drug-likeness (QED) is 0.873. The van der Waals surface area contributed by atoms with Gasteiger partial charge in [0, 0.05) is 30.4 Å². The summed E-state index contributed by atoms with van der Waals surface area (Å²) in [5.74, 6) is 1.84. The second-order valence-corrected chi connectivity index (χ2v) is 4.80. The Morgan fingerprint density at radius 1 is 1.25 bits per heavy atom. The molecule has 0 aliphatic carbocycles. The number of nitrogens with one attached hydrogen (secondary N) is 1. The van der Waals surface area contributed by atoms with Crippen LogP contribution < -0.4 is 5.32 Å². The molecule has 0 saturated carbocycles. The number of aryl methyl sites for hydroxylation is 2. The average molecular weight is 291 g/mol. The zero-order valence-corrected chi connectivity index (χ0v) is 12.3. The van der Waals surface area contributed by atoms with Gasteiger partial charge in [-0.15, -0.1) is 0 Å². The Morgan fingerprint density at radius 2 is 2.00 bits per heavy atom. The summed E-state index contributed by atoms with van der Waals surface area (Å²) in [5, 5.41) is 3.44. The lowest BCUT2D eigenvalue weighted by atomic mass is 10.1. The van der Waals surface area contributed by atoms with Crippen molar-refractivity contribution in [2.75, 3.05) is 5.32 Å². The smallest absolute Gasteiger partial charge is 0.165 e. The molecule has 0 amide bonds. The van der Waals surface area contributed by atoms with Crippen molar-refractivity contribution in [3.8, 4) is 0 Å². The number of anilines is 2. The summed E-state index contributed by atoms with van der Waals surface area (Å²) in [6, 6.07) is 3.44. The number of Topliss-reactive ketones (excluding diaryl/α,β-unsaturated/α-hetero) is 1. The van der Waals surface area contributed by atoms with E-state index in [1.54, 1.807) is 13.0 Å². The monoisotopic (exact) mass is 290 g/mol. The van der Waals surface area contributed by atoms with E-state index in [1.165, 1.54) is 6.20 Å². The van der Waals surface area contributed by atoms with Gasteiger partial charge in [0.1, 0.15) is 17.5 Å². The van der Waals surface area contributed by atoms with E-state index in [4.69, 9.17) is 11.6 Å². The topological polar surface area (TPSA) is 67.8 Å². The highest BCUT2D eigenvalue weighted by molar-refractivity contribution is 6.34. The number of halogens is 1. The Balaban J connectivity index is 2.26. The molecule has 0 fully saturated rings. The third-order valence-corrected chi connectivity index (χ3v) is 3.01. The van der Waals surface area contributed by atoms with Gasteiger partial charge in [-0.3, -0.25) is 4.79 Å². The van der Waals surface area contributed by atoms with Crippen molar-refractivity contribution in [1.82, 2.24) is 15.0 Å². The van der Waals surface area contributed by atoms with Crippen LogP contribution in [0.15, 0.2) is 18.3 Å². The van der Waals surface area contributed by atoms with Crippen molar-refractivity contribution < 1.29 is 4.79 Å². The molecule has 6 heteroatoms. The number of pyridine rings is 1. The van der Waals surface area contributed by atoms with Crippen LogP contribution in [0.2, 0.25) is 5.02 Å². The van der Waals surface area contributed by atoms with Crippen LogP contribution in [0.4, 0.5) is 11.6 Å². The molecule has 5 nitrogen and oxygen atoms in total. The summed E-state index contributed by atoms with van der Waals surface area (Å²) in [5.41, 5.74) is 1.30. The Morgan fingerprint density at radius 3 is 2.60 bits per heavy atom. The van der Waals surface area contributed by atoms with E-state index in [0.29, 0.717) is 34.5 Å². The van der Waals surface area contributed by atoms with Gasteiger partial charge in [0.15, 0.2) is 5.78 Å². The molecule has 2 aromatic heterocycles. The minimum atomic E-state index is -0.0252. The fourth-order valence-electron chi connectivity index (χ4n) is 1.81. The molecule has 0 aliphatic heterocycles. The zero-order chi connectivity index (χ0) is 14.7. The van der Waals surface area contributed by atoms with E-state index in [2.05, 4.69) is 20.3 Å². The van der Waals surface area contributed by atoms with Crippen LogP contribution in [0.5, 0.6) is 0 Å². The van der Waals surface area contributed by atoms with Crippen LogP contribution in [0.25, 0.3) is 0 Å². The van der Waals surface area contributed by atoms with Crippen LogP contribution >= 0.6 is 11.6 Å². The summed E-state index contributed by atoms with van der Waals surface area (Å²) < 4.78 is 0. The molecular weight excluding hydrogens is 276 g/mol. The molecular formula is C14H15ClN4O. The molecule has 104 valence electrons. The van der Waals surface area contributed by atoms with Gasteiger partial charge in [-0.05, 0) is 13.8 Å². The second-order valence-electron chi connectivity index (χ2n) is 4.39. The molecule has 2 heterocycles. The van der Waals surface area contributed by atoms with E-state index < -0.39 is 0 Å². The molecule has 2 rings (SSSR count). The third-order valence-electron chi connectivity index (χ3n) is 2.70. The predicted molar refractivity (Wildman–Crippen MR) is 78.7 cm³/mol. The van der Waals surface area contributed by atoms with E-state index in [0.717, 1.165) is 5.69 Å². The van der Waals surface area contributed by atoms with Crippen molar-refractivity contribution in [2.24, 2.45) is 0 Å². The minimum Gasteiger partial charge on any atom is -0.325 e. The molecule has 20 heavy (non-hydrogen) atoms. The van der Waals surface area contributed by atoms with Gasteiger partial charge in [-0.2, -0.15) is 0 Å². The molecule has 0 saturated heterocycles. The number of hydrogen-bond acceptors (Lipinski definition) is 5. The van der Waals surface area contributed by atoms with Crippen molar-refractivity contribution in [1.29, 1.82) is 0 Å². The number of aromatic nitrogens is 3. The summed E-state index contributed by atoms with van der Waals surface area (Å²) in [6.45, 7) is 5.50. The number of carbonyl (C=O) groups is 1. The summed E-state index contributed by atoms with van der Waals surface area (Å²) in [4.78, 5) is 24.3. The van der Waals surface area contributed by atoms with Gasteiger partial charge < -0.3 is 5.32 Å². The van der Waals surface area contributed by atoms with Gasteiger partial charge in [0.05, 0.1) is 10.6 Å². The van der Waals surface area contributed by atoms with Gasteiger partial charge >= 0.3 is 0 Å². The fraction of sp³-hybridized carbons (Fsp3) is 0.286. The first kappa shape index (κ1) is 14.4. The lowest BCUT2D eigenvalue weighted by Crippen LogP contribution is -2.03. The fourth-order valence-corrected chi connectivity index (χ4v) is 2.06. The van der Waals surface area contributed by atoms with Crippen molar-refractivity contribution in [2.45, 2.75) is 27.2 Å². The first-order valence-electron chi connectivity index (χ1n) is 6.27. The van der Waals surface area contributed by atoms with Crippen molar-refractivity contribution in [3.05, 3.63) is 40.4 Å². The summed E-state index contributed by atoms with van der Waals surface area (Å²) in [7, 11) is 0. The van der Waals surface area contributed by atoms with Crippen LogP contribution in [-0.4, -0.2) is 20.7 Å². The Hall–Kier alpha value is -2.01. The largest absolute Gasteiger partial charge is 0.325 e. The molecule has 1 N–H and O–H groups in total. The van der Waals surface area contributed by atoms with Crippen molar-refractivity contribution >= 4 is 29.0 Å². The molecule has 0 aromatic carbocycles. The maximum Gasteiger partial charge on any atom is 0.165 e. The lowest BCUT2D eigenvalue weighted by Gasteiger charge is -2.08. The molecule has 0 bridgehead atoms. The standard InChI is InChI=1S/C14H15ClN4O/c1-4-12(20)10-7-16-13(6-11(10)15)19-14-5-8(2)17-9(3)18-14/h5-7H,4H2,1-3H3,(H,16,17,18,19). The van der Waals surface area contributed by atoms with Gasteiger partial charge in [-0.25, -0.2) is 15.0 Å². The number of nitrogens with zero attached hydrogens (tertiary/aromatic N) is 3. The highest BCUT2D eigenvalue weighted by Gasteiger charge is 2.10. The molecule has 2 aromatic rings. The van der Waals surface area contributed by atoms with E-state index >= 15 is 0 Å². The van der Waals surface area contributed by atoms with Crippen molar-refractivity contribution in [3.63, 3.8) is 0 Å². The maximum absolute atomic E-state index is 11.6. The maximum atomic E-state index is 11.6. The number of ketones is 1. The molecule has 0 radical (unpaired) electrons. The molecule has 0 aliphatic rings. The molecule has 0 unspecified atom stereocenters. The highest BCUT2D eigenvalue weighted by Crippen LogP contribution is 2.22. The Kier molecular flexibility index (Phi) is 4.29. The SMILES string of the molecule is CCC(=O)c1cnc(Nc2cc(C)nc(C)n2)cc1Cl. The van der Waals surface area contributed by atoms with E-state index in [1.807, 2.05) is 19.9 Å². The van der Waals surface area contributed by atoms with Crippen LogP contribution in [0.3, 0.4) is 0 Å². The molecule has 0 spiro atoms. The third kappa shape index (κ3) is 3.30.